The molecule has 2 aromatic rings. The van der Waals surface area contributed by atoms with Crippen LogP contribution in [0.1, 0.15) is 29.9 Å². The smallest absolute Gasteiger partial charge is 0.358 e. The molecule has 0 unspecified atom stereocenters. The molecule has 20 heavy (non-hydrogen) atoms. The zero-order chi connectivity index (χ0) is 14.7. The van der Waals surface area contributed by atoms with E-state index in [1.165, 1.54) is 0 Å². The molecular weight excluding hydrogens is 278 g/mol. The first kappa shape index (κ1) is 14.5. The van der Waals surface area contributed by atoms with Crippen molar-refractivity contribution in [1.29, 1.82) is 0 Å². The molecule has 0 spiro atoms. The van der Waals surface area contributed by atoms with Gasteiger partial charge in [0.2, 0.25) is 0 Å². The molecule has 0 aliphatic rings. The molecule has 0 saturated heterocycles. The van der Waals surface area contributed by atoms with Crippen molar-refractivity contribution in [2.24, 2.45) is 0 Å². The van der Waals surface area contributed by atoms with Gasteiger partial charge in [-0.2, -0.15) is 5.10 Å². The van der Waals surface area contributed by atoms with Crippen LogP contribution in [0.25, 0.3) is 11.3 Å². The predicted molar refractivity (Wildman–Crippen MR) is 76.8 cm³/mol. The number of aromatic nitrogens is 3. The van der Waals surface area contributed by atoms with Crippen LogP contribution >= 0.6 is 11.6 Å². The lowest BCUT2D eigenvalue weighted by Crippen LogP contribution is -2.07. The summed E-state index contributed by atoms with van der Waals surface area (Å²) in [7, 11) is 0. The highest BCUT2D eigenvalue weighted by atomic mass is 35.5. The summed E-state index contributed by atoms with van der Waals surface area (Å²) < 4.78 is 6.73. The third kappa shape index (κ3) is 2.82. The fourth-order valence-electron chi connectivity index (χ4n) is 1.97. The molecule has 2 rings (SSSR count). The third-order valence-electron chi connectivity index (χ3n) is 2.92. The molecular formula is C14H16ClN3O2. The van der Waals surface area contributed by atoms with Crippen molar-refractivity contribution in [2.45, 2.75) is 27.3 Å². The average molecular weight is 294 g/mol. The second-order valence-corrected chi connectivity index (χ2v) is 4.66. The number of carbonyl (C=O) groups is 1. The van der Waals surface area contributed by atoms with Crippen LogP contribution in [0.2, 0.25) is 5.15 Å². The number of esters is 1. The Kier molecular flexibility index (Phi) is 4.39. The molecule has 6 heteroatoms. The maximum absolute atomic E-state index is 11.8. The highest BCUT2D eigenvalue weighted by molar-refractivity contribution is 6.29. The standard InChI is InChI=1S/C14H16ClN3O2/c1-4-18-12(7-11(17-18)14(19)20-5-2)10-8-16-13(15)6-9(10)3/h6-8H,4-5H2,1-3H3. The van der Waals surface area contributed by atoms with E-state index in [-0.39, 0.29) is 0 Å². The lowest BCUT2D eigenvalue weighted by molar-refractivity contribution is 0.0518. The van der Waals surface area contributed by atoms with Gasteiger partial charge in [-0.15, -0.1) is 0 Å². The first-order valence-corrected chi connectivity index (χ1v) is 6.82. The molecule has 0 N–H and O–H groups in total. The number of rotatable bonds is 4. The Morgan fingerprint density at radius 1 is 1.40 bits per heavy atom. The number of nitrogens with zero attached hydrogens (tertiary/aromatic N) is 3. The summed E-state index contributed by atoms with van der Waals surface area (Å²) in [4.78, 5) is 15.9. The second kappa shape index (κ2) is 6.05. The van der Waals surface area contributed by atoms with Crippen LogP contribution in [0, 0.1) is 6.92 Å². The SMILES string of the molecule is CCOC(=O)c1cc(-c2cnc(Cl)cc2C)n(CC)n1. The van der Waals surface area contributed by atoms with Gasteiger partial charge in [-0.3, -0.25) is 4.68 Å². The van der Waals surface area contributed by atoms with Crippen molar-refractivity contribution >= 4 is 17.6 Å². The lowest BCUT2D eigenvalue weighted by Gasteiger charge is -2.07. The number of carbonyl (C=O) groups excluding carboxylic acids is 1. The summed E-state index contributed by atoms with van der Waals surface area (Å²) in [6.45, 7) is 6.65. The largest absolute Gasteiger partial charge is 0.461 e. The van der Waals surface area contributed by atoms with E-state index in [4.69, 9.17) is 16.3 Å². The van der Waals surface area contributed by atoms with E-state index in [9.17, 15) is 4.79 Å². The monoisotopic (exact) mass is 293 g/mol. The fraction of sp³-hybridized carbons (Fsp3) is 0.357. The molecule has 0 saturated carbocycles. The summed E-state index contributed by atoms with van der Waals surface area (Å²) in [5.74, 6) is -0.416. The molecule has 0 aromatic carbocycles. The second-order valence-electron chi connectivity index (χ2n) is 4.27. The maximum atomic E-state index is 11.8. The van der Waals surface area contributed by atoms with E-state index in [2.05, 4.69) is 10.1 Å². The van der Waals surface area contributed by atoms with Gasteiger partial charge in [0.05, 0.1) is 12.3 Å². The molecule has 0 bridgehead atoms. The van der Waals surface area contributed by atoms with Gasteiger partial charge in [-0.25, -0.2) is 9.78 Å². The number of pyridine rings is 1. The maximum Gasteiger partial charge on any atom is 0.358 e. The van der Waals surface area contributed by atoms with Gasteiger partial charge in [0.25, 0.3) is 0 Å². The molecule has 0 amide bonds. The summed E-state index contributed by atoms with van der Waals surface area (Å²) in [6.07, 6.45) is 1.69. The third-order valence-corrected chi connectivity index (χ3v) is 3.12. The van der Waals surface area contributed by atoms with Gasteiger partial charge >= 0.3 is 5.97 Å². The van der Waals surface area contributed by atoms with E-state index in [0.29, 0.717) is 24.0 Å². The Balaban J connectivity index is 2.47. The first-order valence-electron chi connectivity index (χ1n) is 6.44. The molecule has 0 atom stereocenters. The zero-order valence-corrected chi connectivity index (χ0v) is 12.4. The summed E-state index contributed by atoms with van der Waals surface area (Å²) >= 11 is 5.87. The molecule has 106 valence electrons. The lowest BCUT2D eigenvalue weighted by atomic mass is 10.1. The zero-order valence-electron chi connectivity index (χ0n) is 11.7. The minimum atomic E-state index is -0.416. The Bertz CT molecular complexity index is 637. The Labute approximate surface area is 122 Å². The van der Waals surface area contributed by atoms with E-state index < -0.39 is 5.97 Å². The number of aryl methyl sites for hydroxylation is 2. The van der Waals surface area contributed by atoms with E-state index >= 15 is 0 Å². The van der Waals surface area contributed by atoms with Crippen LogP contribution in [0.5, 0.6) is 0 Å². The summed E-state index contributed by atoms with van der Waals surface area (Å²) in [6, 6.07) is 3.51. The van der Waals surface area contributed by atoms with Gasteiger partial charge in [0.1, 0.15) is 5.15 Å². The van der Waals surface area contributed by atoms with Gasteiger partial charge < -0.3 is 4.74 Å². The minimum absolute atomic E-state index is 0.304. The van der Waals surface area contributed by atoms with E-state index in [1.54, 1.807) is 29.9 Å². The fourth-order valence-corrected chi connectivity index (χ4v) is 2.18. The number of hydrogen-bond donors (Lipinski definition) is 0. The van der Waals surface area contributed by atoms with Crippen LogP contribution in [0.3, 0.4) is 0 Å². The van der Waals surface area contributed by atoms with Crippen molar-refractivity contribution in [3.05, 3.63) is 34.7 Å². The Morgan fingerprint density at radius 2 is 2.15 bits per heavy atom. The van der Waals surface area contributed by atoms with Crippen molar-refractivity contribution < 1.29 is 9.53 Å². The normalized spacial score (nSPS) is 10.6. The highest BCUT2D eigenvalue weighted by Gasteiger charge is 2.17. The van der Waals surface area contributed by atoms with Crippen molar-refractivity contribution in [3.63, 3.8) is 0 Å². The average Bonchev–Trinajstić information content (AvgIpc) is 2.83. The van der Waals surface area contributed by atoms with Gasteiger partial charge in [-0.1, -0.05) is 11.6 Å². The Hall–Kier alpha value is -1.88. The van der Waals surface area contributed by atoms with Gasteiger partial charge in [0, 0.05) is 18.3 Å². The van der Waals surface area contributed by atoms with Crippen LogP contribution in [-0.4, -0.2) is 27.3 Å². The molecule has 5 nitrogen and oxygen atoms in total. The van der Waals surface area contributed by atoms with Gasteiger partial charge in [-0.05, 0) is 38.5 Å². The van der Waals surface area contributed by atoms with Crippen molar-refractivity contribution in [2.75, 3.05) is 6.61 Å². The van der Waals surface area contributed by atoms with Crippen molar-refractivity contribution in [3.8, 4) is 11.3 Å². The number of hydrogen-bond acceptors (Lipinski definition) is 4. The summed E-state index contributed by atoms with van der Waals surface area (Å²) in [5.41, 5.74) is 3.02. The quantitative estimate of drug-likeness (QED) is 0.642. The topological polar surface area (TPSA) is 57.0 Å². The molecule has 2 heterocycles. The molecule has 2 aromatic heterocycles. The summed E-state index contributed by atoms with van der Waals surface area (Å²) in [5, 5.41) is 4.71. The number of ether oxygens (including phenoxy) is 1. The van der Waals surface area contributed by atoms with Gasteiger partial charge in [0.15, 0.2) is 5.69 Å². The Morgan fingerprint density at radius 3 is 2.75 bits per heavy atom. The molecule has 0 aliphatic carbocycles. The van der Waals surface area contributed by atoms with Crippen LogP contribution in [-0.2, 0) is 11.3 Å². The molecule has 0 fully saturated rings. The minimum Gasteiger partial charge on any atom is -0.461 e. The van der Waals surface area contributed by atoms with Crippen molar-refractivity contribution in [1.82, 2.24) is 14.8 Å². The predicted octanol–water partition coefficient (Wildman–Crippen LogP) is 3.10. The molecule has 0 aliphatic heterocycles. The number of halogens is 1. The molecule has 0 radical (unpaired) electrons. The van der Waals surface area contributed by atoms with Crippen LogP contribution in [0.4, 0.5) is 0 Å². The van der Waals surface area contributed by atoms with E-state index in [1.807, 2.05) is 13.8 Å². The van der Waals surface area contributed by atoms with Crippen LogP contribution in [0.15, 0.2) is 18.3 Å². The van der Waals surface area contributed by atoms with Crippen LogP contribution < -0.4 is 0 Å². The highest BCUT2D eigenvalue weighted by Crippen LogP contribution is 2.25. The van der Waals surface area contributed by atoms with E-state index in [0.717, 1.165) is 16.8 Å². The first-order chi connectivity index (χ1) is 9.56.